The monoisotopic (exact) mass is 396 g/mol. The van der Waals surface area contributed by atoms with E-state index in [4.69, 9.17) is 0 Å². The van der Waals surface area contributed by atoms with E-state index in [2.05, 4.69) is 33.4 Å². The summed E-state index contributed by atoms with van der Waals surface area (Å²) in [6, 6.07) is 5.07. The molecule has 24 heavy (non-hydrogen) atoms. The highest BCUT2D eigenvalue weighted by atomic mass is 79.9. The summed E-state index contributed by atoms with van der Waals surface area (Å²) in [6.07, 6.45) is 13.1. The molecule has 2 N–H and O–H groups in total. The zero-order valence-electron chi connectivity index (χ0n) is 14.6. The first-order chi connectivity index (χ1) is 11.6. The van der Waals surface area contributed by atoms with E-state index >= 15 is 0 Å². The Kier molecular flexibility index (Phi) is 11.2. The van der Waals surface area contributed by atoms with Gasteiger partial charge in [0, 0.05) is 16.5 Å². The number of halogens is 1. The maximum Gasteiger partial charge on any atom is 0.240 e. The van der Waals surface area contributed by atoms with E-state index in [0.29, 0.717) is 12.0 Å². The second-order valence-corrected chi connectivity index (χ2v) is 6.99. The number of benzene rings is 1. The van der Waals surface area contributed by atoms with Gasteiger partial charge in [-0.25, -0.2) is 5.43 Å². The van der Waals surface area contributed by atoms with Gasteiger partial charge in [-0.05, 0) is 24.6 Å². The summed E-state index contributed by atoms with van der Waals surface area (Å²) in [5, 5.41) is 13.6. The smallest absolute Gasteiger partial charge is 0.240 e. The molecule has 1 aromatic carbocycles. The topological polar surface area (TPSA) is 61.7 Å². The average Bonchev–Trinajstić information content (AvgIpc) is 2.56. The maximum absolute atomic E-state index is 11.7. The van der Waals surface area contributed by atoms with Gasteiger partial charge in [0.2, 0.25) is 5.91 Å². The van der Waals surface area contributed by atoms with E-state index in [1.165, 1.54) is 51.2 Å². The van der Waals surface area contributed by atoms with Gasteiger partial charge < -0.3 is 5.11 Å². The highest BCUT2D eigenvalue weighted by molar-refractivity contribution is 9.10. The Morgan fingerprint density at radius 2 is 1.75 bits per heavy atom. The van der Waals surface area contributed by atoms with Crippen LogP contribution in [0, 0.1) is 0 Å². The van der Waals surface area contributed by atoms with E-state index in [1.54, 1.807) is 18.2 Å². The molecule has 5 heteroatoms. The molecule has 134 valence electrons. The van der Waals surface area contributed by atoms with Gasteiger partial charge in [-0.3, -0.25) is 4.79 Å². The van der Waals surface area contributed by atoms with Gasteiger partial charge in [0.15, 0.2) is 0 Å². The highest BCUT2D eigenvalue weighted by Crippen LogP contribution is 2.19. The van der Waals surface area contributed by atoms with E-state index in [1.807, 2.05) is 0 Å². The molecule has 0 aliphatic heterocycles. The minimum absolute atomic E-state index is 0.0799. The lowest BCUT2D eigenvalue weighted by Crippen LogP contribution is -2.16. The second kappa shape index (κ2) is 13.0. The zero-order chi connectivity index (χ0) is 17.6. The van der Waals surface area contributed by atoms with Crippen molar-refractivity contribution in [3.05, 3.63) is 28.2 Å². The lowest BCUT2D eigenvalue weighted by atomic mass is 10.1. The molecule has 0 radical (unpaired) electrons. The van der Waals surface area contributed by atoms with Crippen LogP contribution in [0.5, 0.6) is 5.75 Å². The van der Waals surface area contributed by atoms with Crippen molar-refractivity contribution in [1.29, 1.82) is 0 Å². The number of phenolic OH excluding ortho intramolecular Hbond substituents is 1. The Hall–Kier alpha value is -1.36. The molecule has 0 aromatic heterocycles. The number of phenols is 1. The minimum Gasteiger partial charge on any atom is -0.507 e. The second-order valence-electron chi connectivity index (χ2n) is 6.07. The number of amides is 1. The highest BCUT2D eigenvalue weighted by Gasteiger charge is 2.01. The summed E-state index contributed by atoms with van der Waals surface area (Å²) >= 11 is 3.33. The van der Waals surface area contributed by atoms with Gasteiger partial charge >= 0.3 is 0 Å². The van der Waals surface area contributed by atoms with Crippen molar-refractivity contribution >= 4 is 28.1 Å². The number of carbonyl (C=O) groups excluding carboxylic acids is 1. The van der Waals surface area contributed by atoms with Crippen LogP contribution >= 0.6 is 15.9 Å². The predicted molar refractivity (Wildman–Crippen MR) is 103 cm³/mol. The SMILES string of the molecule is CCCCCCCCCCCC(=O)NN=Cc1cc(Br)ccc1O. The number of nitrogens with zero attached hydrogens (tertiary/aromatic N) is 1. The number of carbonyl (C=O) groups is 1. The van der Waals surface area contributed by atoms with Gasteiger partial charge in [-0.1, -0.05) is 74.2 Å². The van der Waals surface area contributed by atoms with Crippen LogP contribution in [0.4, 0.5) is 0 Å². The molecule has 1 aromatic rings. The molecule has 0 saturated carbocycles. The molecule has 0 unspecified atom stereocenters. The first kappa shape index (κ1) is 20.7. The molecule has 0 aliphatic rings. The zero-order valence-corrected chi connectivity index (χ0v) is 16.1. The fourth-order valence-corrected chi connectivity index (χ4v) is 2.83. The largest absolute Gasteiger partial charge is 0.507 e. The van der Waals surface area contributed by atoms with Crippen molar-refractivity contribution in [1.82, 2.24) is 5.43 Å². The molecule has 0 aliphatic carbocycles. The molecule has 0 saturated heterocycles. The third-order valence-electron chi connectivity index (χ3n) is 3.89. The first-order valence-electron chi connectivity index (χ1n) is 8.94. The molecule has 1 amide bonds. The Morgan fingerprint density at radius 1 is 1.12 bits per heavy atom. The normalized spacial score (nSPS) is 11.1. The molecule has 0 bridgehead atoms. The molecular formula is C19H29BrN2O2. The van der Waals surface area contributed by atoms with Gasteiger partial charge in [-0.2, -0.15) is 5.10 Å². The van der Waals surface area contributed by atoms with Gasteiger partial charge in [0.1, 0.15) is 5.75 Å². The first-order valence-corrected chi connectivity index (χ1v) is 9.73. The van der Waals surface area contributed by atoms with Gasteiger partial charge in [0.25, 0.3) is 0 Å². The van der Waals surface area contributed by atoms with Crippen molar-refractivity contribution in [3.8, 4) is 5.75 Å². The Balaban J connectivity index is 2.08. The van der Waals surface area contributed by atoms with Gasteiger partial charge in [-0.15, -0.1) is 0 Å². The Morgan fingerprint density at radius 3 is 2.42 bits per heavy atom. The summed E-state index contributed by atoms with van der Waals surface area (Å²) < 4.78 is 0.850. The number of hydrazone groups is 1. The summed E-state index contributed by atoms with van der Waals surface area (Å²) in [6.45, 7) is 2.23. The van der Waals surface area contributed by atoms with Crippen LogP contribution < -0.4 is 5.43 Å². The number of aromatic hydroxyl groups is 1. The molecule has 0 fully saturated rings. The van der Waals surface area contributed by atoms with Crippen molar-refractivity contribution in [2.75, 3.05) is 0 Å². The molecule has 1 rings (SSSR count). The fraction of sp³-hybridized carbons (Fsp3) is 0.579. The Labute approximate surface area is 153 Å². The fourth-order valence-electron chi connectivity index (χ4n) is 2.45. The van der Waals surface area contributed by atoms with E-state index in [-0.39, 0.29) is 11.7 Å². The summed E-state index contributed by atoms with van der Waals surface area (Å²) in [4.78, 5) is 11.7. The lowest BCUT2D eigenvalue weighted by Gasteiger charge is -2.02. The van der Waals surface area contributed by atoms with E-state index in [9.17, 15) is 9.90 Å². The summed E-state index contributed by atoms with van der Waals surface area (Å²) in [5.41, 5.74) is 3.07. The third-order valence-corrected chi connectivity index (χ3v) is 4.38. The molecule has 0 heterocycles. The van der Waals surface area contributed by atoms with Crippen LogP contribution in [-0.4, -0.2) is 17.2 Å². The van der Waals surface area contributed by atoms with Crippen LogP contribution in [0.2, 0.25) is 0 Å². The average molecular weight is 397 g/mol. The van der Waals surface area contributed by atoms with Crippen LogP contribution in [0.3, 0.4) is 0 Å². The predicted octanol–water partition coefficient (Wildman–Crippen LogP) is 5.53. The van der Waals surface area contributed by atoms with Gasteiger partial charge in [0.05, 0.1) is 6.21 Å². The van der Waals surface area contributed by atoms with E-state index in [0.717, 1.165) is 17.3 Å². The number of nitrogens with one attached hydrogen (secondary N) is 1. The van der Waals surface area contributed by atoms with Crippen LogP contribution in [0.1, 0.15) is 76.7 Å². The third kappa shape index (κ3) is 9.71. The Bertz CT molecular complexity index is 518. The standard InChI is InChI=1S/C19H29BrN2O2/c1-2-3-4-5-6-7-8-9-10-11-19(24)22-21-15-16-14-17(20)12-13-18(16)23/h12-15,23H,2-11H2,1H3,(H,22,24). The molecular weight excluding hydrogens is 368 g/mol. The van der Waals surface area contributed by atoms with Crippen molar-refractivity contribution in [2.45, 2.75) is 71.1 Å². The number of hydrogen-bond donors (Lipinski definition) is 2. The van der Waals surface area contributed by atoms with Crippen LogP contribution in [0.15, 0.2) is 27.8 Å². The number of unbranched alkanes of at least 4 members (excludes halogenated alkanes) is 8. The minimum atomic E-state index is -0.0799. The van der Waals surface area contributed by atoms with E-state index < -0.39 is 0 Å². The van der Waals surface area contributed by atoms with Crippen LogP contribution in [0.25, 0.3) is 0 Å². The van der Waals surface area contributed by atoms with Crippen molar-refractivity contribution in [3.63, 3.8) is 0 Å². The maximum atomic E-state index is 11.7. The quantitative estimate of drug-likeness (QED) is 0.277. The number of hydrogen-bond acceptors (Lipinski definition) is 3. The molecule has 4 nitrogen and oxygen atoms in total. The number of rotatable bonds is 12. The lowest BCUT2D eigenvalue weighted by molar-refractivity contribution is -0.121. The molecule has 0 spiro atoms. The van der Waals surface area contributed by atoms with Crippen molar-refractivity contribution < 1.29 is 9.90 Å². The summed E-state index contributed by atoms with van der Waals surface area (Å²) in [5.74, 6) is 0.0545. The van der Waals surface area contributed by atoms with Crippen LogP contribution in [-0.2, 0) is 4.79 Å². The molecule has 0 atom stereocenters. The van der Waals surface area contributed by atoms with Crippen molar-refractivity contribution in [2.24, 2.45) is 5.10 Å². The summed E-state index contributed by atoms with van der Waals surface area (Å²) in [7, 11) is 0.